The quantitative estimate of drug-likeness (QED) is 0.0271. The molecule has 0 aromatic heterocycles. The van der Waals surface area contributed by atoms with Gasteiger partial charge in [0.2, 0.25) is 0 Å². The van der Waals surface area contributed by atoms with Crippen LogP contribution in [0, 0.1) is 0 Å². The van der Waals surface area contributed by atoms with Crippen LogP contribution in [0.15, 0.2) is 48.6 Å². The van der Waals surface area contributed by atoms with Crippen molar-refractivity contribution in [2.45, 2.75) is 218 Å². The Balaban J connectivity index is 2.39. The van der Waals surface area contributed by atoms with Crippen molar-refractivity contribution in [1.29, 1.82) is 0 Å². The van der Waals surface area contributed by atoms with Crippen LogP contribution in [-0.2, 0) is 28.5 Å². The number of rotatable bonds is 37. The molecule has 10 nitrogen and oxygen atoms in total. The first-order valence-corrected chi connectivity index (χ1v) is 22.7. The molecule has 330 valence electrons. The second-order valence-corrected chi connectivity index (χ2v) is 15.5. The van der Waals surface area contributed by atoms with Crippen molar-refractivity contribution in [3.8, 4) is 0 Å². The number of aliphatic hydroxyl groups is 4. The van der Waals surface area contributed by atoms with Gasteiger partial charge in [-0.3, -0.25) is 9.59 Å². The molecule has 0 aromatic rings. The SMILES string of the molecule is CCCCCCCC/C=C/C/C=C/C/C=C/CCCC(=O)O[C@H](COC(=O)CC/C=C/CCCCCCCCCCCCC)CO[C@@H]1O[C@H](CO)[C@H](O)C(O)C1O. The Morgan fingerprint density at radius 2 is 1.02 bits per heavy atom. The Morgan fingerprint density at radius 1 is 0.544 bits per heavy atom. The Bertz CT molecular complexity index is 1070. The molecule has 0 spiro atoms. The number of carbonyl (C=O) groups is 2. The van der Waals surface area contributed by atoms with E-state index < -0.39 is 55.4 Å². The number of ether oxygens (including phenoxy) is 4. The molecular formula is C47H82O10. The molecule has 0 saturated carbocycles. The zero-order valence-electron chi connectivity index (χ0n) is 35.8. The maximum atomic E-state index is 12.7. The van der Waals surface area contributed by atoms with Crippen molar-refractivity contribution in [2.75, 3.05) is 19.8 Å². The van der Waals surface area contributed by atoms with Gasteiger partial charge in [-0.15, -0.1) is 0 Å². The molecule has 1 heterocycles. The minimum atomic E-state index is -1.61. The summed E-state index contributed by atoms with van der Waals surface area (Å²) in [5.41, 5.74) is 0. The molecule has 6 atom stereocenters. The fourth-order valence-corrected chi connectivity index (χ4v) is 6.57. The lowest BCUT2D eigenvalue weighted by Crippen LogP contribution is -2.59. The average molecular weight is 807 g/mol. The zero-order chi connectivity index (χ0) is 41.6. The molecule has 1 rings (SSSR count). The van der Waals surface area contributed by atoms with Gasteiger partial charge in [0.1, 0.15) is 31.0 Å². The molecule has 0 amide bonds. The van der Waals surface area contributed by atoms with Gasteiger partial charge in [0.25, 0.3) is 0 Å². The van der Waals surface area contributed by atoms with Crippen LogP contribution in [0.1, 0.15) is 181 Å². The van der Waals surface area contributed by atoms with Gasteiger partial charge in [-0.05, 0) is 57.8 Å². The van der Waals surface area contributed by atoms with Crippen molar-refractivity contribution in [1.82, 2.24) is 0 Å². The Kier molecular flexibility index (Phi) is 35.0. The zero-order valence-corrected chi connectivity index (χ0v) is 35.8. The molecule has 1 fully saturated rings. The van der Waals surface area contributed by atoms with E-state index >= 15 is 0 Å². The van der Waals surface area contributed by atoms with E-state index in [9.17, 15) is 30.0 Å². The fraction of sp³-hybridized carbons (Fsp3) is 0.787. The topological polar surface area (TPSA) is 152 Å². The first-order chi connectivity index (χ1) is 27.8. The van der Waals surface area contributed by atoms with Crippen molar-refractivity contribution >= 4 is 11.9 Å². The van der Waals surface area contributed by atoms with Crippen LogP contribution in [-0.4, -0.2) is 89.0 Å². The second-order valence-electron chi connectivity index (χ2n) is 15.5. The van der Waals surface area contributed by atoms with E-state index in [1.165, 1.54) is 103 Å². The van der Waals surface area contributed by atoms with Gasteiger partial charge >= 0.3 is 11.9 Å². The summed E-state index contributed by atoms with van der Waals surface area (Å²) in [7, 11) is 0. The van der Waals surface area contributed by atoms with E-state index in [2.05, 4.69) is 50.3 Å². The van der Waals surface area contributed by atoms with Gasteiger partial charge in [-0.1, -0.05) is 159 Å². The van der Waals surface area contributed by atoms with Crippen LogP contribution in [0.3, 0.4) is 0 Å². The first kappa shape index (κ1) is 52.7. The number of unbranched alkanes of at least 4 members (excludes halogenated alkanes) is 18. The lowest BCUT2D eigenvalue weighted by Gasteiger charge is -2.39. The molecule has 0 bridgehead atoms. The number of hydrogen-bond acceptors (Lipinski definition) is 10. The number of hydrogen-bond donors (Lipinski definition) is 4. The van der Waals surface area contributed by atoms with E-state index in [1.54, 1.807) is 0 Å². The molecular weight excluding hydrogens is 725 g/mol. The van der Waals surface area contributed by atoms with Crippen LogP contribution in [0.2, 0.25) is 0 Å². The van der Waals surface area contributed by atoms with Crippen LogP contribution in [0.4, 0.5) is 0 Å². The highest BCUT2D eigenvalue weighted by molar-refractivity contribution is 5.70. The molecule has 1 aliphatic heterocycles. The summed E-state index contributed by atoms with van der Waals surface area (Å²) in [4.78, 5) is 25.3. The first-order valence-electron chi connectivity index (χ1n) is 22.7. The van der Waals surface area contributed by atoms with Gasteiger partial charge < -0.3 is 39.4 Å². The monoisotopic (exact) mass is 807 g/mol. The van der Waals surface area contributed by atoms with E-state index in [0.717, 1.165) is 32.1 Å². The smallest absolute Gasteiger partial charge is 0.306 e. The summed E-state index contributed by atoms with van der Waals surface area (Å²) in [6, 6.07) is 0. The van der Waals surface area contributed by atoms with Gasteiger partial charge in [0, 0.05) is 12.8 Å². The van der Waals surface area contributed by atoms with E-state index in [-0.39, 0.29) is 26.1 Å². The summed E-state index contributed by atoms with van der Waals surface area (Å²) in [5, 5.41) is 40.0. The van der Waals surface area contributed by atoms with E-state index in [1.807, 2.05) is 12.2 Å². The van der Waals surface area contributed by atoms with Gasteiger partial charge in [-0.2, -0.15) is 0 Å². The highest BCUT2D eigenvalue weighted by Gasteiger charge is 2.44. The Hall–Kier alpha value is -2.34. The minimum Gasteiger partial charge on any atom is -0.462 e. The molecule has 0 aromatic carbocycles. The van der Waals surface area contributed by atoms with Crippen LogP contribution in [0.5, 0.6) is 0 Å². The van der Waals surface area contributed by atoms with Crippen LogP contribution >= 0.6 is 0 Å². The highest BCUT2D eigenvalue weighted by Crippen LogP contribution is 2.22. The molecule has 57 heavy (non-hydrogen) atoms. The molecule has 2 unspecified atom stereocenters. The summed E-state index contributed by atoms with van der Waals surface area (Å²) in [5.74, 6) is -0.925. The van der Waals surface area contributed by atoms with Crippen molar-refractivity contribution in [3.63, 3.8) is 0 Å². The summed E-state index contributed by atoms with van der Waals surface area (Å²) in [6.07, 6.45) is 37.1. The molecule has 10 heteroatoms. The normalized spacial score (nSPS) is 20.7. The van der Waals surface area contributed by atoms with Gasteiger partial charge in [0.05, 0.1) is 13.2 Å². The molecule has 0 radical (unpaired) electrons. The number of aliphatic hydroxyl groups excluding tert-OH is 4. The maximum Gasteiger partial charge on any atom is 0.306 e. The summed E-state index contributed by atoms with van der Waals surface area (Å²) in [6.45, 7) is 3.33. The minimum absolute atomic E-state index is 0.151. The second kappa shape index (κ2) is 37.9. The summed E-state index contributed by atoms with van der Waals surface area (Å²) < 4.78 is 22.0. The lowest BCUT2D eigenvalue weighted by molar-refractivity contribution is -0.305. The summed E-state index contributed by atoms with van der Waals surface area (Å²) >= 11 is 0. The third kappa shape index (κ3) is 29.5. The van der Waals surface area contributed by atoms with Crippen molar-refractivity contribution < 1.29 is 49.0 Å². The molecule has 1 aliphatic rings. The van der Waals surface area contributed by atoms with E-state index in [0.29, 0.717) is 19.3 Å². The molecule has 1 saturated heterocycles. The van der Waals surface area contributed by atoms with E-state index in [4.69, 9.17) is 18.9 Å². The third-order valence-electron chi connectivity index (χ3n) is 10.2. The van der Waals surface area contributed by atoms with Gasteiger partial charge in [0.15, 0.2) is 12.4 Å². The van der Waals surface area contributed by atoms with Crippen LogP contribution < -0.4 is 0 Å². The van der Waals surface area contributed by atoms with Crippen molar-refractivity contribution in [3.05, 3.63) is 48.6 Å². The third-order valence-corrected chi connectivity index (χ3v) is 10.2. The Labute approximate surface area is 346 Å². The largest absolute Gasteiger partial charge is 0.462 e. The standard InChI is InChI=1S/C47H82O10/c1-3-5-7-9-11-13-15-17-19-20-22-24-26-28-30-32-34-36-43(50)56-40(39-55-47-46(53)45(52)44(51)41(37-48)57-47)38-54-42(49)35-33-31-29-27-25-23-21-18-16-14-12-10-8-6-4-2/h17,19,22,24,28-31,40-41,44-48,51-53H,3-16,18,20-21,23,25-27,32-39H2,1-2H3/b19-17+,24-22+,30-28+,31-29+/t40-,41-,44+,45?,46?,47-/m1/s1. The molecule has 4 N–H and O–H groups in total. The Morgan fingerprint density at radius 3 is 1.56 bits per heavy atom. The maximum absolute atomic E-state index is 12.7. The number of allylic oxidation sites excluding steroid dienone is 8. The van der Waals surface area contributed by atoms with Crippen LogP contribution in [0.25, 0.3) is 0 Å². The van der Waals surface area contributed by atoms with Crippen molar-refractivity contribution in [2.24, 2.45) is 0 Å². The fourth-order valence-electron chi connectivity index (χ4n) is 6.57. The number of carbonyl (C=O) groups excluding carboxylic acids is 2. The predicted octanol–water partition coefficient (Wildman–Crippen LogP) is 9.67. The predicted molar refractivity (Wildman–Crippen MR) is 229 cm³/mol. The lowest BCUT2D eigenvalue weighted by atomic mass is 9.99. The molecule has 0 aliphatic carbocycles. The van der Waals surface area contributed by atoms with Gasteiger partial charge in [-0.25, -0.2) is 0 Å². The number of esters is 2. The average Bonchev–Trinajstić information content (AvgIpc) is 3.21. The highest BCUT2D eigenvalue weighted by atomic mass is 16.7.